The number of halogens is 1. The fraction of sp³-hybridized carbons (Fsp3) is 0.136. The summed E-state index contributed by atoms with van der Waals surface area (Å²) in [4.78, 5) is 14.9. The van der Waals surface area contributed by atoms with Crippen LogP contribution in [0.5, 0.6) is 0 Å². The van der Waals surface area contributed by atoms with Crippen LogP contribution in [0.3, 0.4) is 0 Å². The van der Waals surface area contributed by atoms with Gasteiger partial charge in [-0.05, 0) is 42.5 Å². The van der Waals surface area contributed by atoms with E-state index in [0.29, 0.717) is 28.1 Å². The summed E-state index contributed by atoms with van der Waals surface area (Å²) in [7, 11) is 1.58. The lowest BCUT2D eigenvalue weighted by Gasteiger charge is -2.12. The number of thioether (sulfide) groups is 1. The van der Waals surface area contributed by atoms with Crippen molar-refractivity contribution >= 4 is 40.3 Å². The van der Waals surface area contributed by atoms with E-state index in [1.807, 2.05) is 36.5 Å². The molecule has 0 aliphatic carbocycles. The standard InChI is InChI=1S/C22H18FN3O2S2/c1-28-12-11-25-21(27)19(30-22(25)29)13-16-14-26(18-5-3-2-4-6-18)24-20(16)15-7-9-17(23)10-8-15/h2-10,13-14H,11-12H2,1H3/b19-13-. The van der Waals surface area contributed by atoms with E-state index in [4.69, 9.17) is 22.1 Å². The van der Waals surface area contributed by atoms with Gasteiger partial charge in [0.15, 0.2) is 0 Å². The normalized spacial score (nSPS) is 15.4. The highest BCUT2D eigenvalue weighted by Gasteiger charge is 2.32. The highest BCUT2D eigenvalue weighted by molar-refractivity contribution is 8.26. The molecule has 1 fully saturated rings. The Morgan fingerprint density at radius 1 is 1.17 bits per heavy atom. The van der Waals surface area contributed by atoms with Gasteiger partial charge in [-0.1, -0.05) is 42.2 Å². The van der Waals surface area contributed by atoms with Gasteiger partial charge in [-0.2, -0.15) is 5.10 Å². The molecule has 0 bridgehead atoms. The molecule has 0 N–H and O–H groups in total. The van der Waals surface area contributed by atoms with Crippen molar-refractivity contribution in [2.45, 2.75) is 0 Å². The Bertz CT molecular complexity index is 1110. The molecule has 0 atom stereocenters. The van der Waals surface area contributed by atoms with Gasteiger partial charge >= 0.3 is 0 Å². The fourth-order valence-corrected chi connectivity index (χ4v) is 4.35. The number of methoxy groups -OCH3 is 1. The first-order chi connectivity index (χ1) is 14.6. The third-order valence-corrected chi connectivity index (χ3v) is 5.94. The van der Waals surface area contributed by atoms with Gasteiger partial charge < -0.3 is 4.74 Å². The maximum absolute atomic E-state index is 13.4. The molecule has 2 aromatic carbocycles. The molecule has 0 unspecified atom stereocenters. The predicted octanol–water partition coefficient (Wildman–Crippen LogP) is 4.53. The number of aromatic nitrogens is 2. The third-order valence-electron chi connectivity index (χ3n) is 4.56. The van der Waals surface area contributed by atoms with Gasteiger partial charge in [-0.15, -0.1) is 0 Å². The monoisotopic (exact) mass is 439 g/mol. The molecule has 1 aliphatic rings. The number of thiocarbonyl (C=S) groups is 1. The van der Waals surface area contributed by atoms with Crippen LogP contribution in [0.2, 0.25) is 0 Å². The van der Waals surface area contributed by atoms with Crippen LogP contribution in [-0.2, 0) is 9.53 Å². The molecule has 0 radical (unpaired) electrons. The molecule has 1 saturated heterocycles. The van der Waals surface area contributed by atoms with Crippen molar-refractivity contribution in [1.82, 2.24) is 14.7 Å². The molecule has 4 rings (SSSR count). The van der Waals surface area contributed by atoms with E-state index >= 15 is 0 Å². The molecule has 30 heavy (non-hydrogen) atoms. The molecule has 8 heteroatoms. The van der Waals surface area contributed by atoms with Crippen molar-refractivity contribution in [3.63, 3.8) is 0 Å². The van der Waals surface area contributed by atoms with Gasteiger partial charge in [0.05, 0.1) is 29.4 Å². The molecule has 1 amide bonds. The number of hydrogen-bond donors (Lipinski definition) is 0. The van der Waals surface area contributed by atoms with Crippen LogP contribution in [0.25, 0.3) is 23.0 Å². The summed E-state index contributed by atoms with van der Waals surface area (Å²) in [6, 6.07) is 15.8. The van der Waals surface area contributed by atoms with Gasteiger partial charge in [0.25, 0.3) is 5.91 Å². The smallest absolute Gasteiger partial charge is 0.266 e. The Labute approximate surface area is 183 Å². The van der Waals surface area contributed by atoms with Crippen LogP contribution < -0.4 is 0 Å². The Morgan fingerprint density at radius 2 is 1.90 bits per heavy atom. The van der Waals surface area contributed by atoms with Crippen LogP contribution in [-0.4, -0.2) is 45.2 Å². The van der Waals surface area contributed by atoms with Crippen molar-refractivity contribution in [1.29, 1.82) is 0 Å². The minimum Gasteiger partial charge on any atom is -0.383 e. The molecule has 0 spiro atoms. The Kier molecular flexibility index (Phi) is 6.08. The van der Waals surface area contributed by atoms with Gasteiger partial charge in [-0.3, -0.25) is 9.69 Å². The number of para-hydroxylation sites is 1. The summed E-state index contributed by atoms with van der Waals surface area (Å²) < 4.78 is 20.7. The molecular weight excluding hydrogens is 421 g/mol. The minimum atomic E-state index is -0.318. The Balaban J connectivity index is 1.76. The Hall–Kier alpha value is -2.81. The van der Waals surface area contributed by atoms with Crippen molar-refractivity contribution < 1.29 is 13.9 Å². The first kappa shape index (κ1) is 20.5. The summed E-state index contributed by atoms with van der Waals surface area (Å²) in [6.45, 7) is 0.819. The number of hydrogen-bond acceptors (Lipinski definition) is 5. The number of nitrogens with zero attached hydrogens (tertiary/aromatic N) is 3. The first-order valence-corrected chi connectivity index (χ1v) is 10.4. The zero-order valence-electron chi connectivity index (χ0n) is 16.1. The van der Waals surface area contributed by atoms with E-state index in [1.165, 1.54) is 28.8 Å². The zero-order valence-corrected chi connectivity index (χ0v) is 17.8. The lowest BCUT2D eigenvalue weighted by molar-refractivity contribution is -0.122. The van der Waals surface area contributed by atoms with Gasteiger partial charge in [0, 0.05) is 24.4 Å². The fourth-order valence-electron chi connectivity index (χ4n) is 3.05. The molecule has 3 aromatic rings. The second-order valence-electron chi connectivity index (χ2n) is 6.55. The third kappa shape index (κ3) is 4.21. The molecule has 1 aliphatic heterocycles. The number of carbonyl (C=O) groups excluding carboxylic acids is 1. The first-order valence-electron chi connectivity index (χ1n) is 9.22. The van der Waals surface area contributed by atoms with E-state index in [0.717, 1.165) is 16.8 Å². The molecule has 152 valence electrons. The second-order valence-corrected chi connectivity index (χ2v) is 8.22. The summed E-state index contributed by atoms with van der Waals surface area (Å²) in [6.07, 6.45) is 3.65. The number of amides is 1. The molecule has 0 saturated carbocycles. The lowest BCUT2D eigenvalue weighted by atomic mass is 10.1. The summed E-state index contributed by atoms with van der Waals surface area (Å²) in [5.74, 6) is -0.471. The SMILES string of the molecule is COCCN1C(=O)/C(=C/c2cn(-c3ccccc3)nc2-c2ccc(F)cc2)SC1=S. The average molecular weight is 440 g/mol. The molecular formula is C22H18FN3O2S2. The average Bonchev–Trinajstić information content (AvgIpc) is 3.29. The van der Waals surface area contributed by atoms with Crippen LogP contribution in [0.4, 0.5) is 4.39 Å². The summed E-state index contributed by atoms with van der Waals surface area (Å²) >= 11 is 6.61. The molecule has 2 heterocycles. The predicted molar refractivity (Wildman–Crippen MR) is 121 cm³/mol. The number of benzene rings is 2. The topological polar surface area (TPSA) is 47.4 Å². The lowest BCUT2D eigenvalue weighted by Crippen LogP contribution is -2.31. The van der Waals surface area contributed by atoms with Gasteiger partial charge in [0.2, 0.25) is 0 Å². The van der Waals surface area contributed by atoms with Crippen molar-refractivity contribution in [2.75, 3.05) is 20.3 Å². The zero-order chi connectivity index (χ0) is 21.1. The van der Waals surface area contributed by atoms with Crippen LogP contribution in [0.15, 0.2) is 65.7 Å². The number of ether oxygens (including phenoxy) is 1. The summed E-state index contributed by atoms with van der Waals surface area (Å²) in [5.41, 5.74) is 3.04. The minimum absolute atomic E-state index is 0.153. The second kappa shape index (κ2) is 8.91. The maximum atomic E-state index is 13.4. The highest BCUT2D eigenvalue weighted by Crippen LogP contribution is 2.34. The van der Waals surface area contributed by atoms with Crippen LogP contribution >= 0.6 is 24.0 Å². The van der Waals surface area contributed by atoms with E-state index in [1.54, 1.807) is 30.0 Å². The van der Waals surface area contributed by atoms with Gasteiger partial charge in [0.1, 0.15) is 10.1 Å². The van der Waals surface area contributed by atoms with Crippen LogP contribution in [0.1, 0.15) is 5.56 Å². The van der Waals surface area contributed by atoms with Crippen molar-refractivity contribution in [2.24, 2.45) is 0 Å². The van der Waals surface area contributed by atoms with E-state index in [9.17, 15) is 9.18 Å². The molecule has 1 aromatic heterocycles. The molecule has 5 nitrogen and oxygen atoms in total. The van der Waals surface area contributed by atoms with E-state index in [2.05, 4.69) is 0 Å². The van der Waals surface area contributed by atoms with E-state index < -0.39 is 0 Å². The Morgan fingerprint density at radius 3 is 2.60 bits per heavy atom. The number of carbonyl (C=O) groups is 1. The summed E-state index contributed by atoms with van der Waals surface area (Å²) in [5, 5.41) is 4.70. The van der Waals surface area contributed by atoms with E-state index in [-0.39, 0.29) is 11.7 Å². The van der Waals surface area contributed by atoms with Crippen molar-refractivity contribution in [3.8, 4) is 16.9 Å². The van der Waals surface area contributed by atoms with Crippen molar-refractivity contribution in [3.05, 3.63) is 77.1 Å². The highest BCUT2D eigenvalue weighted by atomic mass is 32.2. The number of rotatable bonds is 6. The maximum Gasteiger partial charge on any atom is 0.266 e. The van der Waals surface area contributed by atoms with Crippen LogP contribution in [0, 0.1) is 5.82 Å². The quantitative estimate of drug-likeness (QED) is 0.417. The van der Waals surface area contributed by atoms with Gasteiger partial charge in [-0.25, -0.2) is 9.07 Å². The largest absolute Gasteiger partial charge is 0.383 e.